The second-order valence-electron chi connectivity index (χ2n) is 7.04. The minimum absolute atomic E-state index is 0.0435. The summed E-state index contributed by atoms with van der Waals surface area (Å²) in [6.45, 7) is 6.55. The molecule has 25 heavy (non-hydrogen) atoms. The van der Waals surface area contributed by atoms with Crippen molar-refractivity contribution in [2.24, 2.45) is 5.92 Å². The molecule has 2 aromatic rings. The number of aliphatic hydroxyl groups excluding tert-OH is 1. The Kier molecular flexibility index (Phi) is 5.56. The lowest BCUT2D eigenvalue weighted by molar-refractivity contribution is 0.0727. The Bertz CT molecular complexity index is 711. The van der Waals surface area contributed by atoms with Crippen molar-refractivity contribution in [3.8, 4) is 0 Å². The number of nitrogens with one attached hydrogen (secondary N) is 2. The van der Waals surface area contributed by atoms with Crippen LogP contribution >= 0.6 is 0 Å². The smallest absolute Gasteiger partial charge is 0.268 e. The number of benzene rings is 1. The number of aryl methyl sites for hydroxylation is 2. The number of H-pyrrole nitrogens is 1. The highest BCUT2D eigenvalue weighted by molar-refractivity contribution is 5.94. The second kappa shape index (κ2) is 7.85. The molecule has 3 rings (SSSR count). The average molecular weight is 341 g/mol. The number of piperidine rings is 1. The van der Waals surface area contributed by atoms with Gasteiger partial charge in [-0.2, -0.15) is 0 Å². The van der Waals surface area contributed by atoms with Gasteiger partial charge in [-0.3, -0.25) is 9.69 Å². The molecule has 1 aromatic heterocycles. The normalized spacial score (nSPS) is 21.2. The van der Waals surface area contributed by atoms with E-state index in [0.717, 1.165) is 37.3 Å². The molecule has 1 amide bonds. The van der Waals surface area contributed by atoms with Gasteiger partial charge in [0.15, 0.2) is 0 Å². The van der Waals surface area contributed by atoms with E-state index in [4.69, 9.17) is 0 Å². The molecule has 1 saturated heterocycles. The van der Waals surface area contributed by atoms with Gasteiger partial charge in [-0.1, -0.05) is 30.3 Å². The molecule has 5 heteroatoms. The lowest BCUT2D eigenvalue weighted by Crippen LogP contribution is -2.53. The van der Waals surface area contributed by atoms with Crippen LogP contribution < -0.4 is 5.32 Å². The van der Waals surface area contributed by atoms with Crippen LogP contribution in [0, 0.1) is 19.8 Å². The van der Waals surface area contributed by atoms with Gasteiger partial charge in [-0.25, -0.2) is 0 Å². The van der Waals surface area contributed by atoms with Crippen LogP contribution in [-0.2, 0) is 6.54 Å². The van der Waals surface area contributed by atoms with E-state index in [1.165, 1.54) is 5.56 Å². The zero-order valence-electron chi connectivity index (χ0n) is 15.0. The van der Waals surface area contributed by atoms with E-state index in [2.05, 4.69) is 27.3 Å². The number of rotatable bonds is 5. The fourth-order valence-corrected chi connectivity index (χ4v) is 3.64. The van der Waals surface area contributed by atoms with Crippen LogP contribution in [0.15, 0.2) is 36.4 Å². The SMILES string of the molecule is Cc1cc(C)c(C(=O)N[C@H]2CN(Cc3ccccc3)CC[C@H]2CO)[nH]1. The number of aliphatic hydroxyl groups is 1. The number of aromatic amines is 1. The standard InChI is InChI=1S/C20H27N3O2/c1-14-10-15(2)21-19(14)20(25)22-18-12-23(9-8-17(18)13-24)11-16-6-4-3-5-7-16/h3-7,10,17-18,21,24H,8-9,11-13H2,1-2H3,(H,22,25)/t17-,18-/m0/s1. The van der Waals surface area contributed by atoms with Gasteiger partial charge in [0.05, 0.1) is 0 Å². The van der Waals surface area contributed by atoms with Crippen LogP contribution in [0.5, 0.6) is 0 Å². The average Bonchev–Trinajstić information content (AvgIpc) is 2.94. The third kappa shape index (κ3) is 4.30. The van der Waals surface area contributed by atoms with Crippen LogP contribution in [0.3, 0.4) is 0 Å². The summed E-state index contributed by atoms with van der Waals surface area (Å²) in [5.41, 5.74) is 3.82. The maximum atomic E-state index is 12.6. The summed E-state index contributed by atoms with van der Waals surface area (Å²) in [4.78, 5) is 18.1. The zero-order chi connectivity index (χ0) is 17.8. The van der Waals surface area contributed by atoms with E-state index in [1.807, 2.05) is 38.1 Å². The highest BCUT2D eigenvalue weighted by atomic mass is 16.3. The van der Waals surface area contributed by atoms with Gasteiger partial charge in [-0.15, -0.1) is 0 Å². The fraction of sp³-hybridized carbons (Fsp3) is 0.450. The maximum Gasteiger partial charge on any atom is 0.268 e. The molecule has 1 aliphatic heterocycles. The Hall–Kier alpha value is -2.11. The lowest BCUT2D eigenvalue weighted by Gasteiger charge is -2.38. The molecule has 1 fully saturated rings. The molecule has 2 heterocycles. The van der Waals surface area contributed by atoms with Gasteiger partial charge >= 0.3 is 0 Å². The van der Waals surface area contributed by atoms with Crippen molar-refractivity contribution in [1.29, 1.82) is 0 Å². The lowest BCUT2D eigenvalue weighted by atomic mass is 9.91. The summed E-state index contributed by atoms with van der Waals surface area (Å²) < 4.78 is 0. The van der Waals surface area contributed by atoms with Gasteiger partial charge in [0.25, 0.3) is 5.91 Å². The Balaban J connectivity index is 1.66. The molecule has 2 atom stereocenters. The summed E-state index contributed by atoms with van der Waals surface area (Å²) in [6, 6.07) is 12.3. The van der Waals surface area contributed by atoms with E-state index in [9.17, 15) is 9.90 Å². The van der Waals surface area contributed by atoms with E-state index in [-0.39, 0.29) is 24.5 Å². The van der Waals surface area contributed by atoms with Crippen LogP contribution in [0.4, 0.5) is 0 Å². The van der Waals surface area contributed by atoms with Gasteiger partial charge in [0.1, 0.15) is 5.69 Å². The molecule has 5 nitrogen and oxygen atoms in total. The Morgan fingerprint density at radius 1 is 1.32 bits per heavy atom. The van der Waals surface area contributed by atoms with Crippen LogP contribution in [0.25, 0.3) is 0 Å². The van der Waals surface area contributed by atoms with Crippen molar-refractivity contribution in [2.45, 2.75) is 32.9 Å². The molecule has 0 aliphatic carbocycles. The number of hydrogen-bond donors (Lipinski definition) is 3. The van der Waals surface area contributed by atoms with Gasteiger partial charge in [-0.05, 0) is 44.0 Å². The maximum absolute atomic E-state index is 12.6. The highest BCUT2D eigenvalue weighted by Crippen LogP contribution is 2.20. The topological polar surface area (TPSA) is 68.4 Å². The third-order valence-corrected chi connectivity index (χ3v) is 5.02. The molecule has 0 unspecified atom stereocenters. The van der Waals surface area contributed by atoms with Crippen LogP contribution in [-0.4, -0.2) is 46.6 Å². The first-order valence-corrected chi connectivity index (χ1v) is 8.91. The van der Waals surface area contributed by atoms with E-state index in [1.54, 1.807) is 0 Å². The Morgan fingerprint density at radius 3 is 2.72 bits per heavy atom. The van der Waals surface area contributed by atoms with Crippen molar-refractivity contribution < 1.29 is 9.90 Å². The Labute approximate surface area is 149 Å². The van der Waals surface area contributed by atoms with Gasteiger partial charge in [0, 0.05) is 37.4 Å². The molecule has 3 N–H and O–H groups in total. The summed E-state index contributed by atoms with van der Waals surface area (Å²) in [7, 11) is 0. The summed E-state index contributed by atoms with van der Waals surface area (Å²) in [6.07, 6.45) is 0.886. The van der Waals surface area contributed by atoms with Crippen molar-refractivity contribution in [2.75, 3.05) is 19.7 Å². The number of hydrogen-bond acceptors (Lipinski definition) is 3. The number of carbonyl (C=O) groups excluding carboxylic acids is 1. The van der Waals surface area contributed by atoms with Crippen molar-refractivity contribution >= 4 is 5.91 Å². The summed E-state index contributed by atoms with van der Waals surface area (Å²) in [5.74, 6) is 0.0166. The second-order valence-corrected chi connectivity index (χ2v) is 7.04. The molecule has 0 radical (unpaired) electrons. The molecular formula is C20H27N3O2. The van der Waals surface area contributed by atoms with E-state index in [0.29, 0.717) is 5.69 Å². The Morgan fingerprint density at radius 2 is 2.08 bits per heavy atom. The molecule has 0 spiro atoms. The van der Waals surface area contributed by atoms with E-state index >= 15 is 0 Å². The van der Waals surface area contributed by atoms with Crippen molar-refractivity contribution in [3.63, 3.8) is 0 Å². The first-order chi connectivity index (χ1) is 12.1. The number of nitrogens with zero attached hydrogens (tertiary/aromatic N) is 1. The number of aromatic nitrogens is 1. The number of likely N-dealkylation sites (tertiary alicyclic amines) is 1. The third-order valence-electron chi connectivity index (χ3n) is 5.02. The fourth-order valence-electron chi connectivity index (χ4n) is 3.64. The minimum atomic E-state index is -0.0874. The number of carbonyl (C=O) groups is 1. The zero-order valence-corrected chi connectivity index (χ0v) is 15.0. The van der Waals surface area contributed by atoms with Crippen molar-refractivity contribution in [3.05, 3.63) is 58.9 Å². The molecule has 1 aliphatic rings. The van der Waals surface area contributed by atoms with E-state index < -0.39 is 0 Å². The molecule has 134 valence electrons. The quantitative estimate of drug-likeness (QED) is 0.781. The molecule has 0 bridgehead atoms. The monoisotopic (exact) mass is 341 g/mol. The van der Waals surface area contributed by atoms with Gasteiger partial charge in [0.2, 0.25) is 0 Å². The number of amides is 1. The minimum Gasteiger partial charge on any atom is -0.396 e. The first kappa shape index (κ1) is 17.7. The van der Waals surface area contributed by atoms with Crippen LogP contribution in [0.2, 0.25) is 0 Å². The van der Waals surface area contributed by atoms with Crippen LogP contribution in [0.1, 0.15) is 33.7 Å². The summed E-state index contributed by atoms with van der Waals surface area (Å²) >= 11 is 0. The largest absolute Gasteiger partial charge is 0.396 e. The molecular weight excluding hydrogens is 314 g/mol. The summed E-state index contributed by atoms with van der Waals surface area (Å²) in [5, 5.41) is 12.8. The van der Waals surface area contributed by atoms with Gasteiger partial charge < -0.3 is 15.4 Å². The highest BCUT2D eigenvalue weighted by Gasteiger charge is 2.30. The predicted octanol–water partition coefficient (Wildman–Crippen LogP) is 2.24. The van der Waals surface area contributed by atoms with Crippen molar-refractivity contribution in [1.82, 2.24) is 15.2 Å². The predicted molar refractivity (Wildman–Crippen MR) is 98.4 cm³/mol. The first-order valence-electron chi connectivity index (χ1n) is 8.91. The molecule has 0 saturated carbocycles. The molecule has 1 aromatic carbocycles.